The van der Waals surface area contributed by atoms with E-state index in [4.69, 9.17) is 0 Å². The largest absolute Gasteiger partial charge is 0.374 e. The Morgan fingerprint density at radius 2 is 2.03 bits per heavy atom. The van der Waals surface area contributed by atoms with E-state index in [-0.39, 0.29) is 36.1 Å². The quantitative estimate of drug-likeness (QED) is 0.664. The van der Waals surface area contributed by atoms with Crippen molar-refractivity contribution in [3.63, 3.8) is 0 Å². The van der Waals surface area contributed by atoms with Crippen molar-refractivity contribution in [2.24, 2.45) is 0 Å². The van der Waals surface area contributed by atoms with Crippen LogP contribution in [-0.2, 0) is 16.0 Å². The van der Waals surface area contributed by atoms with E-state index >= 15 is 0 Å². The van der Waals surface area contributed by atoms with E-state index in [0.29, 0.717) is 6.54 Å². The number of nitrogens with zero attached hydrogens (tertiary/aromatic N) is 2. The molecule has 4 rings (SSSR count). The van der Waals surface area contributed by atoms with Crippen LogP contribution in [0.5, 0.6) is 0 Å². The Labute approximate surface area is 187 Å². The van der Waals surface area contributed by atoms with Crippen LogP contribution in [0.2, 0.25) is 0 Å². The van der Waals surface area contributed by atoms with Gasteiger partial charge in [0.05, 0.1) is 11.4 Å². The van der Waals surface area contributed by atoms with Gasteiger partial charge in [-0.25, -0.2) is 0 Å². The summed E-state index contributed by atoms with van der Waals surface area (Å²) < 4.78 is 0. The Morgan fingerprint density at radius 1 is 1.16 bits per heavy atom. The van der Waals surface area contributed by atoms with Crippen molar-refractivity contribution >= 4 is 23.6 Å². The maximum Gasteiger partial charge on any atom is 0.223 e. The summed E-state index contributed by atoms with van der Waals surface area (Å²) in [4.78, 5) is 31.1. The molecule has 2 aromatic rings. The van der Waals surface area contributed by atoms with Crippen molar-refractivity contribution in [3.05, 3.63) is 77.1 Å². The SMILES string of the molecule is O=C(CCC(=O)N1CCCC1c1ccccc1)NCC1NC(Cc2cccnc2)=CS1. The van der Waals surface area contributed by atoms with Gasteiger partial charge >= 0.3 is 0 Å². The van der Waals surface area contributed by atoms with Crippen LogP contribution in [0.15, 0.2) is 66.0 Å². The van der Waals surface area contributed by atoms with E-state index in [1.54, 1.807) is 18.0 Å². The zero-order chi connectivity index (χ0) is 21.5. The van der Waals surface area contributed by atoms with Crippen LogP contribution >= 0.6 is 11.8 Å². The predicted octanol–water partition coefficient (Wildman–Crippen LogP) is 3.39. The molecule has 2 N–H and O–H groups in total. The molecule has 1 fully saturated rings. The summed E-state index contributed by atoms with van der Waals surface area (Å²) in [6, 6.07) is 14.3. The molecule has 2 aliphatic heterocycles. The summed E-state index contributed by atoms with van der Waals surface area (Å²) in [5, 5.41) is 8.61. The van der Waals surface area contributed by atoms with Gasteiger partial charge in [0.15, 0.2) is 0 Å². The highest BCUT2D eigenvalue weighted by Crippen LogP contribution is 2.32. The second-order valence-corrected chi connectivity index (χ2v) is 8.99. The Hall–Kier alpha value is -2.80. The maximum absolute atomic E-state index is 12.7. The number of carbonyl (C=O) groups excluding carboxylic acids is 2. The molecule has 0 aliphatic carbocycles. The molecule has 3 heterocycles. The molecule has 2 atom stereocenters. The van der Waals surface area contributed by atoms with E-state index in [9.17, 15) is 9.59 Å². The molecule has 31 heavy (non-hydrogen) atoms. The van der Waals surface area contributed by atoms with E-state index in [0.717, 1.165) is 37.1 Å². The van der Waals surface area contributed by atoms with Gasteiger partial charge in [0.1, 0.15) is 0 Å². The van der Waals surface area contributed by atoms with Crippen molar-refractivity contribution in [1.82, 2.24) is 20.5 Å². The molecule has 162 valence electrons. The molecule has 6 nitrogen and oxygen atoms in total. The fourth-order valence-corrected chi connectivity index (χ4v) is 4.98. The lowest BCUT2D eigenvalue weighted by molar-refractivity contribution is -0.134. The van der Waals surface area contributed by atoms with Gasteiger partial charge in [-0.1, -0.05) is 36.4 Å². The number of allylic oxidation sites excluding steroid dienone is 1. The summed E-state index contributed by atoms with van der Waals surface area (Å²) in [5.74, 6) is -0.0118. The van der Waals surface area contributed by atoms with Gasteiger partial charge in [-0.2, -0.15) is 0 Å². The minimum atomic E-state index is -0.0769. The molecular weight excluding hydrogens is 408 g/mol. The molecule has 2 aliphatic rings. The van der Waals surface area contributed by atoms with Crippen LogP contribution in [0.4, 0.5) is 0 Å². The molecule has 2 unspecified atom stereocenters. The maximum atomic E-state index is 12.7. The van der Waals surface area contributed by atoms with Gasteiger partial charge in [0.2, 0.25) is 11.8 Å². The summed E-state index contributed by atoms with van der Waals surface area (Å²) in [6.45, 7) is 1.30. The fourth-order valence-electron chi connectivity index (χ4n) is 4.10. The molecule has 1 aromatic heterocycles. The Kier molecular flexibility index (Phi) is 7.25. The zero-order valence-electron chi connectivity index (χ0n) is 17.5. The Morgan fingerprint density at radius 3 is 2.84 bits per heavy atom. The highest BCUT2D eigenvalue weighted by molar-refractivity contribution is 8.03. The second-order valence-electron chi connectivity index (χ2n) is 7.91. The van der Waals surface area contributed by atoms with Gasteiger partial charge in [-0.05, 0) is 35.4 Å². The minimum Gasteiger partial charge on any atom is -0.374 e. The van der Waals surface area contributed by atoms with Crippen LogP contribution in [0, 0.1) is 0 Å². The van der Waals surface area contributed by atoms with Crippen molar-refractivity contribution in [2.45, 2.75) is 43.5 Å². The van der Waals surface area contributed by atoms with Gasteiger partial charge in [0, 0.05) is 50.4 Å². The number of thioether (sulfide) groups is 1. The molecule has 1 aromatic carbocycles. The van der Waals surface area contributed by atoms with Crippen LogP contribution in [0.3, 0.4) is 0 Å². The van der Waals surface area contributed by atoms with E-state index in [1.165, 1.54) is 5.56 Å². The van der Waals surface area contributed by atoms with Crippen LogP contribution < -0.4 is 10.6 Å². The highest BCUT2D eigenvalue weighted by Gasteiger charge is 2.29. The third-order valence-corrected chi connectivity index (χ3v) is 6.68. The number of rotatable bonds is 8. The van der Waals surface area contributed by atoms with Crippen LogP contribution in [0.25, 0.3) is 0 Å². The average molecular weight is 437 g/mol. The van der Waals surface area contributed by atoms with Gasteiger partial charge in [0.25, 0.3) is 0 Å². The third-order valence-electron chi connectivity index (χ3n) is 5.65. The van der Waals surface area contributed by atoms with Gasteiger partial charge < -0.3 is 15.5 Å². The first-order valence-corrected chi connectivity index (χ1v) is 11.7. The lowest BCUT2D eigenvalue weighted by Crippen LogP contribution is -2.37. The number of aromatic nitrogens is 1. The molecule has 7 heteroatoms. The topological polar surface area (TPSA) is 74.3 Å². The smallest absolute Gasteiger partial charge is 0.223 e. The molecular formula is C24H28N4O2S. The second kappa shape index (κ2) is 10.5. The Bertz CT molecular complexity index is 920. The van der Waals surface area contributed by atoms with Gasteiger partial charge in [-0.3, -0.25) is 14.6 Å². The predicted molar refractivity (Wildman–Crippen MR) is 123 cm³/mol. The summed E-state index contributed by atoms with van der Waals surface area (Å²) >= 11 is 1.67. The number of amides is 2. The van der Waals surface area contributed by atoms with Crippen molar-refractivity contribution in [2.75, 3.05) is 13.1 Å². The fraction of sp³-hybridized carbons (Fsp3) is 0.375. The molecule has 0 radical (unpaired) electrons. The number of benzene rings is 1. The first-order chi connectivity index (χ1) is 15.2. The van der Waals surface area contributed by atoms with Crippen LogP contribution in [0.1, 0.15) is 42.9 Å². The first kappa shape index (κ1) is 21.4. The summed E-state index contributed by atoms with van der Waals surface area (Å²) in [7, 11) is 0. The van der Waals surface area contributed by atoms with E-state index in [1.807, 2.05) is 35.4 Å². The number of hydrogen-bond acceptors (Lipinski definition) is 5. The summed E-state index contributed by atoms with van der Waals surface area (Å²) in [5.41, 5.74) is 3.46. The van der Waals surface area contributed by atoms with E-state index < -0.39 is 0 Å². The molecule has 0 bridgehead atoms. The lowest BCUT2D eigenvalue weighted by Gasteiger charge is -2.25. The molecule has 0 saturated carbocycles. The molecule has 0 spiro atoms. The first-order valence-electron chi connectivity index (χ1n) is 10.8. The Balaban J connectivity index is 1.17. The minimum absolute atomic E-state index is 0.0651. The molecule has 1 saturated heterocycles. The standard InChI is InChI=1S/C24H28N4O2S/c29-22(26-16-23-27-20(17-31-23)14-18-6-4-12-25-15-18)10-11-24(30)28-13-5-9-21(28)19-7-2-1-3-8-19/h1-4,6-8,12,15,17,21,23,27H,5,9-11,13-14,16H2,(H,26,29). The van der Waals surface area contributed by atoms with Crippen LogP contribution in [-0.4, -0.2) is 40.2 Å². The van der Waals surface area contributed by atoms with Crippen molar-refractivity contribution in [1.29, 1.82) is 0 Å². The van der Waals surface area contributed by atoms with Gasteiger partial charge in [-0.15, -0.1) is 11.8 Å². The number of hydrogen-bond donors (Lipinski definition) is 2. The number of likely N-dealkylation sites (tertiary alicyclic amines) is 1. The van der Waals surface area contributed by atoms with Crippen molar-refractivity contribution in [3.8, 4) is 0 Å². The lowest BCUT2D eigenvalue weighted by atomic mass is 10.0. The van der Waals surface area contributed by atoms with E-state index in [2.05, 4.69) is 39.2 Å². The normalized spacial score (nSPS) is 20.3. The number of pyridine rings is 1. The van der Waals surface area contributed by atoms with Crippen molar-refractivity contribution < 1.29 is 9.59 Å². The number of carbonyl (C=O) groups is 2. The third kappa shape index (κ3) is 5.88. The average Bonchev–Trinajstić information content (AvgIpc) is 3.47. The monoisotopic (exact) mass is 436 g/mol. The number of nitrogens with one attached hydrogen (secondary N) is 2. The molecule has 2 amide bonds. The zero-order valence-corrected chi connectivity index (χ0v) is 18.3. The summed E-state index contributed by atoms with van der Waals surface area (Å²) in [6.07, 6.45) is 6.91. The highest BCUT2D eigenvalue weighted by atomic mass is 32.2.